The zero-order chi connectivity index (χ0) is 11.3. The number of nitrogens with zero attached hydrogens (tertiary/aromatic N) is 1. The van der Waals surface area contributed by atoms with Crippen molar-refractivity contribution < 1.29 is 9.90 Å². The first kappa shape index (κ1) is 11.7. The van der Waals surface area contributed by atoms with Crippen LogP contribution in [0.25, 0.3) is 0 Å². The van der Waals surface area contributed by atoms with Gasteiger partial charge >= 0.3 is 0 Å². The van der Waals surface area contributed by atoms with Crippen LogP contribution in [0.1, 0.15) is 19.5 Å². The third-order valence-electron chi connectivity index (χ3n) is 2.26. The van der Waals surface area contributed by atoms with E-state index in [1.165, 1.54) is 0 Å². The number of nitrogens with one attached hydrogen (secondary N) is 2. The van der Waals surface area contributed by atoms with Crippen LogP contribution < -0.4 is 5.32 Å². The van der Waals surface area contributed by atoms with E-state index < -0.39 is 0 Å². The molecule has 15 heavy (non-hydrogen) atoms. The average molecular weight is 211 g/mol. The second kappa shape index (κ2) is 5.50. The van der Waals surface area contributed by atoms with Gasteiger partial charge in [0.1, 0.15) is 0 Å². The summed E-state index contributed by atoms with van der Waals surface area (Å²) in [5, 5.41) is 18.3. The highest BCUT2D eigenvalue weighted by molar-refractivity contribution is 5.78. The van der Waals surface area contributed by atoms with Crippen LogP contribution in [0.4, 0.5) is 0 Å². The number of H-pyrrole nitrogens is 1. The second-order valence-electron chi connectivity index (χ2n) is 3.86. The molecule has 0 aliphatic rings. The molecule has 0 aliphatic carbocycles. The first-order valence-electron chi connectivity index (χ1n) is 5.02. The predicted octanol–water partition coefficient (Wildman–Crippen LogP) is 0.0853. The lowest BCUT2D eigenvalue weighted by atomic mass is 10.1. The van der Waals surface area contributed by atoms with E-state index in [9.17, 15) is 4.79 Å². The van der Waals surface area contributed by atoms with Gasteiger partial charge in [-0.25, -0.2) is 0 Å². The lowest BCUT2D eigenvalue weighted by Crippen LogP contribution is -2.41. The van der Waals surface area contributed by atoms with Gasteiger partial charge in [-0.05, 0) is 12.0 Å². The van der Waals surface area contributed by atoms with Crippen molar-refractivity contribution in [1.82, 2.24) is 15.5 Å². The fourth-order valence-electron chi connectivity index (χ4n) is 1.24. The highest BCUT2D eigenvalue weighted by atomic mass is 16.3. The van der Waals surface area contributed by atoms with Gasteiger partial charge in [0.05, 0.1) is 19.1 Å². The third kappa shape index (κ3) is 3.71. The van der Waals surface area contributed by atoms with E-state index in [1.807, 2.05) is 13.8 Å². The SMILES string of the molecule is CC(C)C(CO)NC(=O)Cc1ccn[nH]1. The summed E-state index contributed by atoms with van der Waals surface area (Å²) in [6.45, 7) is 3.88. The minimum absolute atomic E-state index is 0.0353. The molecule has 0 bridgehead atoms. The number of carbonyl (C=O) groups is 1. The molecule has 3 N–H and O–H groups in total. The van der Waals surface area contributed by atoms with Gasteiger partial charge in [0.15, 0.2) is 0 Å². The Morgan fingerprint density at radius 3 is 2.87 bits per heavy atom. The first-order valence-corrected chi connectivity index (χ1v) is 5.02. The third-order valence-corrected chi connectivity index (χ3v) is 2.26. The Kier molecular flexibility index (Phi) is 4.30. The highest BCUT2D eigenvalue weighted by Crippen LogP contribution is 2.01. The summed E-state index contributed by atoms with van der Waals surface area (Å²) < 4.78 is 0. The van der Waals surface area contributed by atoms with Crippen LogP contribution in [0.5, 0.6) is 0 Å². The Balaban J connectivity index is 2.41. The van der Waals surface area contributed by atoms with E-state index in [0.29, 0.717) is 0 Å². The summed E-state index contributed by atoms with van der Waals surface area (Å²) >= 11 is 0. The molecule has 1 rings (SSSR count). The van der Waals surface area contributed by atoms with Gasteiger partial charge in [-0.2, -0.15) is 5.10 Å². The van der Waals surface area contributed by atoms with Crippen LogP contribution >= 0.6 is 0 Å². The number of hydrogen-bond acceptors (Lipinski definition) is 3. The summed E-state index contributed by atoms with van der Waals surface area (Å²) in [6.07, 6.45) is 1.87. The predicted molar refractivity (Wildman–Crippen MR) is 56.1 cm³/mol. The van der Waals surface area contributed by atoms with Gasteiger partial charge in [-0.1, -0.05) is 13.8 Å². The average Bonchev–Trinajstić information content (AvgIpc) is 2.66. The van der Waals surface area contributed by atoms with Gasteiger partial charge in [0.2, 0.25) is 5.91 Å². The standard InChI is InChI=1S/C10H17N3O2/c1-7(2)9(6-14)12-10(15)5-8-3-4-11-13-8/h3-4,7,9,14H,5-6H2,1-2H3,(H,11,13)(H,12,15). The molecule has 0 aliphatic heterocycles. The normalized spacial score (nSPS) is 12.8. The maximum Gasteiger partial charge on any atom is 0.226 e. The van der Waals surface area contributed by atoms with Gasteiger partial charge in [0.25, 0.3) is 0 Å². The summed E-state index contributed by atoms with van der Waals surface area (Å²) in [5.74, 6) is 0.118. The van der Waals surface area contributed by atoms with Crippen molar-refractivity contribution in [3.8, 4) is 0 Å². The number of aliphatic hydroxyl groups excluding tert-OH is 1. The molecule has 1 aromatic rings. The van der Waals surface area contributed by atoms with E-state index in [-0.39, 0.29) is 30.9 Å². The molecule has 1 unspecified atom stereocenters. The molecule has 0 saturated heterocycles. The van der Waals surface area contributed by atoms with E-state index in [2.05, 4.69) is 15.5 Å². The lowest BCUT2D eigenvalue weighted by Gasteiger charge is -2.19. The van der Waals surface area contributed by atoms with Crippen molar-refractivity contribution in [3.63, 3.8) is 0 Å². The molecule has 1 aromatic heterocycles. The first-order chi connectivity index (χ1) is 7.13. The fourth-order valence-corrected chi connectivity index (χ4v) is 1.24. The molecule has 0 aromatic carbocycles. The quantitative estimate of drug-likeness (QED) is 0.645. The van der Waals surface area contributed by atoms with E-state index in [4.69, 9.17) is 5.11 Å². The second-order valence-corrected chi connectivity index (χ2v) is 3.86. The minimum Gasteiger partial charge on any atom is -0.394 e. The molecule has 1 atom stereocenters. The summed E-state index contributed by atoms with van der Waals surface area (Å²) in [6, 6.07) is 1.57. The van der Waals surface area contributed by atoms with Gasteiger partial charge < -0.3 is 10.4 Å². The van der Waals surface area contributed by atoms with Crippen molar-refractivity contribution in [1.29, 1.82) is 0 Å². The topological polar surface area (TPSA) is 78.0 Å². The molecular formula is C10H17N3O2. The van der Waals surface area contributed by atoms with E-state index in [0.717, 1.165) is 5.69 Å². The molecule has 5 nitrogen and oxygen atoms in total. The Bertz CT molecular complexity index is 296. The molecule has 0 radical (unpaired) electrons. The molecule has 0 fully saturated rings. The fraction of sp³-hybridized carbons (Fsp3) is 0.600. The van der Waals surface area contributed by atoms with Crippen molar-refractivity contribution in [2.75, 3.05) is 6.61 Å². The maximum atomic E-state index is 11.5. The van der Waals surface area contributed by atoms with Crippen LogP contribution in [0, 0.1) is 5.92 Å². The number of amides is 1. The number of carbonyl (C=O) groups excluding carboxylic acids is 1. The number of aromatic nitrogens is 2. The van der Waals surface area contributed by atoms with E-state index >= 15 is 0 Å². The zero-order valence-electron chi connectivity index (χ0n) is 9.03. The smallest absolute Gasteiger partial charge is 0.226 e. The largest absolute Gasteiger partial charge is 0.394 e. The zero-order valence-corrected chi connectivity index (χ0v) is 9.03. The van der Waals surface area contributed by atoms with Crippen LogP contribution in [-0.4, -0.2) is 33.9 Å². The molecule has 0 saturated carbocycles. The van der Waals surface area contributed by atoms with Gasteiger partial charge in [-0.3, -0.25) is 9.89 Å². The lowest BCUT2D eigenvalue weighted by molar-refractivity contribution is -0.121. The number of aliphatic hydroxyl groups is 1. The Labute approximate surface area is 88.9 Å². The molecule has 1 amide bonds. The van der Waals surface area contributed by atoms with Crippen molar-refractivity contribution in [2.45, 2.75) is 26.3 Å². The summed E-state index contributed by atoms with van der Waals surface area (Å²) in [4.78, 5) is 11.5. The maximum absolute atomic E-state index is 11.5. The summed E-state index contributed by atoms with van der Waals surface area (Å²) in [7, 11) is 0. The molecular weight excluding hydrogens is 194 g/mol. The van der Waals surface area contributed by atoms with Crippen molar-refractivity contribution in [3.05, 3.63) is 18.0 Å². The number of aromatic amines is 1. The van der Waals surface area contributed by atoms with E-state index in [1.54, 1.807) is 12.3 Å². The van der Waals surface area contributed by atoms with Crippen molar-refractivity contribution >= 4 is 5.91 Å². The van der Waals surface area contributed by atoms with Crippen molar-refractivity contribution in [2.24, 2.45) is 5.92 Å². The Morgan fingerprint density at radius 2 is 2.40 bits per heavy atom. The molecule has 0 spiro atoms. The number of rotatable bonds is 5. The van der Waals surface area contributed by atoms with Gasteiger partial charge in [-0.15, -0.1) is 0 Å². The Morgan fingerprint density at radius 1 is 1.67 bits per heavy atom. The summed E-state index contributed by atoms with van der Waals surface area (Å²) in [5.41, 5.74) is 0.771. The molecule has 1 heterocycles. The molecule has 5 heteroatoms. The van der Waals surface area contributed by atoms with Crippen LogP contribution in [0.3, 0.4) is 0 Å². The van der Waals surface area contributed by atoms with Crippen LogP contribution in [0.2, 0.25) is 0 Å². The van der Waals surface area contributed by atoms with Crippen LogP contribution in [-0.2, 0) is 11.2 Å². The number of hydrogen-bond donors (Lipinski definition) is 3. The van der Waals surface area contributed by atoms with Crippen LogP contribution in [0.15, 0.2) is 12.3 Å². The van der Waals surface area contributed by atoms with Gasteiger partial charge in [0, 0.05) is 11.9 Å². The minimum atomic E-state index is -0.180. The molecule has 84 valence electrons. The Hall–Kier alpha value is -1.36. The monoisotopic (exact) mass is 211 g/mol. The highest BCUT2D eigenvalue weighted by Gasteiger charge is 2.15.